The van der Waals surface area contributed by atoms with E-state index in [0.29, 0.717) is 5.69 Å². The minimum atomic E-state index is -0.553. The second-order valence-electron chi connectivity index (χ2n) is 4.67. The molecular weight excluding hydrogens is 244 g/mol. The molecule has 1 aromatic carbocycles. The first kappa shape index (κ1) is 14.8. The summed E-state index contributed by atoms with van der Waals surface area (Å²) in [6.07, 6.45) is 0. The Morgan fingerprint density at radius 3 is 2.58 bits per heavy atom. The fraction of sp³-hybridized carbons (Fsp3) is 0.385. The summed E-state index contributed by atoms with van der Waals surface area (Å²) in [5.74, 6) is -0.553. The molecule has 0 saturated carbocycles. The van der Waals surface area contributed by atoms with Crippen molar-refractivity contribution in [1.29, 1.82) is 0 Å². The van der Waals surface area contributed by atoms with Gasteiger partial charge in [-0.05, 0) is 31.5 Å². The molecule has 0 saturated heterocycles. The van der Waals surface area contributed by atoms with Crippen molar-refractivity contribution in [2.75, 3.05) is 12.3 Å². The van der Waals surface area contributed by atoms with Gasteiger partial charge in [-0.15, -0.1) is 0 Å². The molecule has 0 spiro atoms. The van der Waals surface area contributed by atoms with E-state index in [1.54, 1.807) is 18.2 Å². The highest BCUT2D eigenvalue weighted by Crippen LogP contribution is 2.09. The van der Waals surface area contributed by atoms with Gasteiger partial charge in [0.15, 0.2) is 0 Å². The quantitative estimate of drug-likeness (QED) is 0.681. The van der Waals surface area contributed by atoms with Crippen LogP contribution in [0.1, 0.15) is 19.4 Å². The standard InChI is InChI=1S/C13H20N4O2/c1-9(2)16-13(19)17(8-12(15)18)7-10-4-3-5-11(14)6-10/h3-6,9H,7-8,14H2,1-2H3,(H2,15,18)(H,16,19). The molecular formula is C13H20N4O2. The Balaban J connectivity index is 2.79. The predicted molar refractivity (Wildman–Crippen MR) is 74.1 cm³/mol. The lowest BCUT2D eigenvalue weighted by molar-refractivity contribution is -0.118. The lowest BCUT2D eigenvalue weighted by Crippen LogP contribution is -2.46. The summed E-state index contributed by atoms with van der Waals surface area (Å²) >= 11 is 0. The van der Waals surface area contributed by atoms with Gasteiger partial charge in [-0.1, -0.05) is 12.1 Å². The molecule has 0 atom stereocenters. The molecule has 0 unspecified atom stereocenters. The van der Waals surface area contributed by atoms with Crippen LogP contribution in [0.15, 0.2) is 24.3 Å². The fourth-order valence-electron chi connectivity index (χ4n) is 1.64. The summed E-state index contributed by atoms with van der Waals surface area (Å²) in [6, 6.07) is 6.83. The van der Waals surface area contributed by atoms with E-state index in [1.807, 2.05) is 19.9 Å². The van der Waals surface area contributed by atoms with Gasteiger partial charge < -0.3 is 21.7 Å². The molecule has 0 aliphatic carbocycles. The van der Waals surface area contributed by atoms with E-state index in [2.05, 4.69) is 5.32 Å². The Kier molecular flexibility index (Phi) is 5.17. The summed E-state index contributed by atoms with van der Waals surface area (Å²) in [5, 5.41) is 2.73. The van der Waals surface area contributed by atoms with Crippen LogP contribution < -0.4 is 16.8 Å². The highest BCUT2D eigenvalue weighted by molar-refractivity contribution is 5.83. The van der Waals surface area contributed by atoms with E-state index in [9.17, 15) is 9.59 Å². The number of nitrogens with two attached hydrogens (primary N) is 2. The number of anilines is 1. The first-order valence-electron chi connectivity index (χ1n) is 6.06. The van der Waals surface area contributed by atoms with E-state index in [0.717, 1.165) is 5.56 Å². The molecule has 6 nitrogen and oxygen atoms in total. The molecule has 1 aromatic rings. The van der Waals surface area contributed by atoms with Crippen LogP contribution in [0.3, 0.4) is 0 Å². The molecule has 0 bridgehead atoms. The third-order valence-corrected chi connectivity index (χ3v) is 2.37. The maximum Gasteiger partial charge on any atom is 0.318 e. The number of carbonyl (C=O) groups is 2. The number of primary amides is 1. The lowest BCUT2D eigenvalue weighted by Gasteiger charge is -2.23. The molecule has 104 valence electrons. The highest BCUT2D eigenvalue weighted by atomic mass is 16.2. The van der Waals surface area contributed by atoms with Crippen molar-refractivity contribution in [2.24, 2.45) is 5.73 Å². The van der Waals surface area contributed by atoms with Crippen molar-refractivity contribution in [3.05, 3.63) is 29.8 Å². The van der Waals surface area contributed by atoms with Crippen molar-refractivity contribution in [3.63, 3.8) is 0 Å². The van der Waals surface area contributed by atoms with Crippen LogP contribution in [0.5, 0.6) is 0 Å². The number of urea groups is 1. The first-order chi connectivity index (χ1) is 8.88. The zero-order valence-electron chi connectivity index (χ0n) is 11.2. The molecule has 0 heterocycles. The van der Waals surface area contributed by atoms with Gasteiger partial charge in [-0.3, -0.25) is 4.79 Å². The van der Waals surface area contributed by atoms with Crippen molar-refractivity contribution < 1.29 is 9.59 Å². The van der Waals surface area contributed by atoms with Gasteiger partial charge in [0.25, 0.3) is 0 Å². The van der Waals surface area contributed by atoms with E-state index >= 15 is 0 Å². The largest absolute Gasteiger partial charge is 0.399 e. The molecule has 0 radical (unpaired) electrons. The maximum atomic E-state index is 12.0. The summed E-state index contributed by atoms with van der Waals surface area (Å²) < 4.78 is 0. The Bertz CT molecular complexity index is 460. The summed E-state index contributed by atoms with van der Waals surface area (Å²) in [7, 11) is 0. The number of nitrogens with one attached hydrogen (secondary N) is 1. The zero-order chi connectivity index (χ0) is 14.4. The normalized spacial score (nSPS) is 10.3. The van der Waals surface area contributed by atoms with Crippen LogP contribution in [0.4, 0.5) is 10.5 Å². The molecule has 1 rings (SSSR count). The number of hydrogen-bond acceptors (Lipinski definition) is 3. The number of hydrogen-bond donors (Lipinski definition) is 3. The van der Waals surface area contributed by atoms with Gasteiger partial charge in [0.1, 0.15) is 6.54 Å². The van der Waals surface area contributed by atoms with E-state index in [4.69, 9.17) is 11.5 Å². The Hall–Kier alpha value is -2.24. The van der Waals surface area contributed by atoms with Crippen LogP contribution in [0.25, 0.3) is 0 Å². The Labute approximate surface area is 112 Å². The van der Waals surface area contributed by atoms with E-state index in [1.165, 1.54) is 4.90 Å². The molecule has 0 fully saturated rings. The molecule has 19 heavy (non-hydrogen) atoms. The van der Waals surface area contributed by atoms with Crippen molar-refractivity contribution in [2.45, 2.75) is 26.4 Å². The monoisotopic (exact) mass is 264 g/mol. The summed E-state index contributed by atoms with van der Waals surface area (Å²) in [5.41, 5.74) is 12.3. The average molecular weight is 264 g/mol. The van der Waals surface area contributed by atoms with Crippen LogP contribution in [0, 0.1) is 0 Å². The fourth-order valence-corrected chi connectivity index (χ4v) is 1.64. The molecule has 5 N–H and O–H groups in total. The summed E-state index contributed by atoms with van der Waals surface area (Å²) in [4.78, 5) is 24.3. The van der Waals surface area contributed by atoms with E-state index in [-0.39, 0.29) is 25.2 Å². The number of rotatable bonds is 5. The highest BCUT2D eigenvalue weighted by Gasteiger charge is 2.16. The number of benzene rings is 1. The molecule has 0 aromatic heterocycles. The third-order valence-electron chi connectivity index (χ3n) is 2.37. The van der Waals surface area contributed by atoms with Crippen LogP contribution >= 0.6 is 0 Å². The van der Waals surface area contributed by atoms with E-state index < -0.39 is 5.91 Å². The van der Waals surface area contributed by atoms with Gasteiger partial charge in [-0.25, -0.2) is 4.79 Å². The molecule has 3 amide bonds. The van der Waals surface area contributed by atoms with Crippen LogP contribution in [0.2, 0.25) is 0 Å². The third kappa shape index (κ3) is 5.29. The van der Waals surface area contributed by atoms with Crippen molar-refractivity contribution >= 4 is 17.6 Å². The smallest absolute Gasteiger partial charge is 0.318 e. The van der Waals surface area contributed by atoms with Crippen molar-refractivity contribution in [3.8, 4) is 0 Å². The number of nitrogens with zero attached hydrogens (tertiary/aromatic N) is 1. The predicted octanol–water partition coefficient (Wildman–Crippen LogP) is 0.674. The zero-order valence-corrected chi connectivity index (χ0v) is 11.2. The average Bonchev–Trinajstić information content (AvgIpc) is 2.26. The molecule has 6 heteroatoms. The second-order valence-corrected chi connectivity index (χ2v) is 4.67. The summed E-state index contributed by atoms with van der Waals surface area (Å²) in [6.45, 7) is 3.85. The second kappa shape index (κ2) is 6.63. The molecule has 0 aliphatic heterocycles. The van der Waals surface area contributed by atoms with Gasteiger partial charge in [-0.2, -0.15) is 0 Å². The Morgan fingerprint density at radius 1 is 1.37 bits per heavy atom. The molecule has 0 aliphatic rings. The number of carbonyl (C=O) groups excluding carboxylic acids is 2. The topological polar surface area (TPSA) is 101 Å². The first-order valence-corrected chi connectivity index (χ1v) is 6.06. The number of amides is 3. The Morgan fingerprint density at radius 2 is 2.05 bits per heavy atom. The number of nitrogen functional groups attached to an aromatic ring is 1. The van der Waals surface area contributed by atoms with Gasteiger partial charge in [0, 0.05) is 18.3 Å². The minimum absolute atomic E-state index is 0.0104. The van der Waals surface area contributed by atoms with Crippen LogP contribution in [-0.2, 0) is 11.3 Å². The van der Waals surface area contributed by atoms with Gasteiger partial charge >= 0.3 is 6.03 Å². The van der Waals surface area contributed by atoms with Crippen molar-refractivity contribution in [1.82, 2.24) is 10.2 Å². The minimum Gasteiger partial charge on any atom is -0.399 e. The van der Waals surface area contributed by atoms with Gasteiger partial charge in [0.2, 0.25) is 5.91 Å². The maximum absolute atomic E-state index is 12.0. The van der Waals surface area contributed by atoms with Crippen LogP contribution in [-0.4, -0.2) is 29.4 Å². The lowest BCUT2D eigenvalue weighted by atomic mass is 10.2. The SMILES string of the molecule is CC(C)NC(=O)N(CC(N)=O)Cc1cccc(N)c1. The van der Waals surface area contributed by atoms with Gasteiger partial charge in [0.05, 0.1) is 0 Å².